The minimum absolute atomic E-state index is 0.104. The first-order valence-electron chi connectivity index (χ1n) is 4.94. The van der Waals surface area contributed by atoms with E-state index in [4.69, 9.17) is 0 Å². The van der Waals surface area contributed by atoms with Gasteiger partial charge in [0.15, 0.2) is 0 Å². The van der Waals surface area contributed by atoms with Crippen molar-refractivity contribution in [2.75, 3.05) is 0 Å². The summed E-state index contributed by atoms with van der Waals surface area (Å²) in [6.45, 7) is 5.12. The van der Waals surface area contributed by atoms with E-state index in [1.165, 1.54) is 11.5 Å². The van der Waals surface area contributed by atoms with Crippen molar-refractivity contribution in [3.8, 4) is 0 Å². The van der Waals surface area contributed by atoms with E-state index in [0.717, 1.165) is 4.57 Å². The van der Waals surface area contributed by atoms with Crippen molar-refractivity contribution >= 4 is 5.69 Å². The Kier molecular flexibility index (Phi) is 3.26. The molecule has 0 amide bonds. The first kappa shape index (κ1) is 12.2. The maximum Gasteiger partial charge on any atom is 0.353 e. The molecule has 0 radical (unpaired) electrons. The molecule has 0 fully saturated rings. The second kappa shape index (κ2) is 4.30. The van der Waals surface area contributed by atoms with Gasteiger partial charge in [0.25, 0.3) is 0 Å². The predicted octanol–water partition coefficient (Wildman–Crippen LogP) is 0.266. The van der Waals surface area contributed by atoms with E-state index in [-0.39, 0.29) is 12.2 Å². The summed E-state index contributed by atoms with van der Waals surface area (Å²) in [5.41, 5.74) is -1.76. The van der Waals surface area contributed by atoms with Crippen LogP contribution in [0.4, 0.5) is 5.69 Å². The molecule has 7 heteroatoms. The molecule has 1 aromatic rings. The molecule has 0 saturated carbocycles. The Morgan fingerprint density at radius 3 is 2.06 bits per heavy atom. The van der Waals surface area contributed by atoms with Crippen LogP contribution < -0.4 is 11.2 Å². The topological polar surface area (TPSA) is 87.1 Å². The Bertz CT molecular complexity index is 541. The monoisotopic (exact) mass is 227 g/mol. The van der Waals surface area contributed by atoms with Crippen LogP contribution in [-0.4, -0.2) is 14.1 Å². The third-order valence-corrected chi connectivity index (χ3v) is 2.47. The van der Waals surface area contributed by atoms with Crippen LogP contribution in [0.3, 0.4) is 0 Å². The van der Waals surface area contributed by atoms with E-state index in [0.29, 0.717) is 6.54 Å². The molecule has 0 aliphatic carbocycles. The SMILES string of the molecule is CCn1c(C)c([N+](=O)[O-])c(=O)n(CC)c1=O. The molecule has 0 N–H and O–H groups in total. The second-order valence-corrected chi connectivity index (χ2v) is 3.27. The first-order valence-corrected chi connectivity index (χ1v) is 4.94. The average Bonchev–Trinajstić information content (AvgIpc) is 2.18. The number of nitro groups is 1. The standard InChI is InChI=1S/C9H13N3O4/c1-4-10-6(3)7(12(15)16)8(13)11(5-2)9(10)14/h4-5H2,1-3H3. The number of hydrogen-bond acceptors (Lipinski definition) is 4. The number of nitrogens with zero attached hydrogens (tertiary/aromatic N) is 3. The maximum absolute atomic E-state index is 11.8. The number of rotatable bonds is 3. The minimum atomic E-state index is -0.834. The lowest BCUT2D eigenvalue weighted by Crippen LogP contribution is -2.41. The molecule has 0 aliphatic rings. The Labute approximate surface area is 91.1 Å². The highest BCUT2D eigenvalue weighted by molar-refractivity contribution is 5.31. The zero-order valence-corrected chi connectivity index (χ0v) is 9.39. The van der Waals surface area contributed by atoms with Crippen molar-refractivity contribution in [3.63, 3.8) is 0 Å². The van der Waals surface area contributed by atoms with Crippen LogP contribution in [0.5, 0.6) is 0 Å². The fourth-order valence-corrected chi connectivity index (χ4v) is 1.65. The van der Waals surface area contributed by atoms with Crippen molar-refractivity contribution in [3.05, 3.63) is 36.6 Å². The molecule has 0 atom stereocenters. The first-order chi connectivity index (χ1) is 7.45. The molecule has 0 spiro atoms. The van der Waals surface area contributed by atoms with Gasteiger partial charge in [0.1, 0.15) is 5.69 Å². The molecular formula is C9H13N3O4. The predicted molar refractivity (Wildman–Crippen MR) is 57.7 cm³/mol. The zero-order chi connectivity index (χ0) is 12.5. The van der Waals surface area contributed by atoms with Gasteiger partial charge in [-0.1, -0.05) is 0 Å². The fraction of sp³-hybridized carbons (Fsp3) is 0.556. The third kappa shape index (κ3) is 1.64. The second-order valence-electron chi connectivity index (χ2n) is 3.27. The average molecular weight is 227 g/mol. The number of aromatic nitrogens is 2. The summed E-state index contributed by atoms with van der Waals surface area (Å²) < 4.78 is 2.09. The molecule has 88 valence electrons. The highest BCUT2D eigenvalue weighted by Crippen LogP contribution is 2.09. The normalized spacial score (nSPS) is 10.4. The molecular weight excluding hydrogens is 214 g/mol. The van der Waals surface area contributed by atoms with Crippen LogP contribution >= 0.6 is 0 Å². The summed E-state index contributed by atoms with van der Waals surface area (Å²) in [6, 6.07) is 0. The van der Waals surface area contributed by atoms with Crippen LogP contribution in [0.2, 0.25) is 0 Å². The van der Waals surface area contributed by atoms with Gasteiger partial charge in [0, 0.05) is 13.1 Å². The third-order valence-electron chi connectivity index (χ3n) is 2.47. The molecule has 1 rings (SSSR count). The van der Waals surface area contributed by atoms with Crippen molar-refractivity contribution in [1.82, 2.24) is 9.13 Å². The lowest BCUT2D eigenvalue weighted by molar-refractivity contribution is -0.387. The van der Waals surface area contributed by atoms with Crippen LogP contribution in [0.1, 0.15) is 19.5 Å². The molecule has 1 heterocycles. The quantitative estimate of drug-likeness (QED) is 0.547. The van der Waals surface area contributed by atoms with Crippen LogP contribution in [0, 0.1) is 17.0 Å². The molecule has 0 unspecified atom stereocenters. The van der Waals surface area contributed by atoms with Gasteiger partial charge in [-0.25, -0.2) is 4.79 Å². The minimum Gasteiger partial charge on any atom is -0.291 e. The molecule has 0 aromatic carbocycles. The summed E-state index contributed by atoms with van der Waals surface area (Å²) >= 11 is 0. The van der Waals surface area contributed by atoms with Gasteiger partial charge in [-0.15, -0.1) is 0 Å². The molecule has 0 aliphatic heterocycles. The van der Waals surface area contributed by atoms with Crippen molar-refractivity contribution < 1.29 is 4.92 Å². The van der Waals surface area contributed by atoms with Crippen LogP contribution in [0.15, 0.2) is 9.59 Å². The van der Waals surface area contributed by atoms with E-state index in [1.54, 1.807) is 13.8 Å². The smallest absolute Gasteiger partial charge is 0.291 e. The van der Waals surface area contributed by atoms with Gasteiger partial charge in [0.2, 0.25) is 0 Å². The van der Waals surface area contributed by atoms with E-state index >= 15 is 0 Å². The van der Waals surface area contributed by atoms with Crippen LogP contribution in [-0.2, 0) is 13.1 Å². The van der Waals surface area contributed by atoms with E-state index in [9.17, 15) is 19.7 Å². The summed E-state index contributed by atoms with van der Waals surface area (Å²) in [5, 5.41) is 10.8. The largest absolute Gasteiger partial charge is 0.353 e. The fourth-order valence-electron chi connectivity index (χ4n) is 1.65. The highest BCUT2D eigenvalue weighted by atomic mass is 16.6. The van der Waals surface area contributed by atoms with Crippen molar-refractivity contribution in [2.45, 2.75) is 33.9 Å². The molecule has 1 aromatic heterocycles. The summed E-state index contributed by atoms with van der Waals surface area (Å²) in [5.74, 6) is 0. The Balaban J connectivity index is 3.85. The lowest BCUT2D eigenvalue weighted by atomic mass is 10.3. The Morgan fingerprint density at radius 2 is 1.69 bits per heavy atom. The summed E-state index contributed by atoms with van der Waals surface area (Å²) in [7, 11) is 0. The molecule has 0 bridgehead atoms. The van der Waals surface area contributed by atoms with Gasteiger partial charge in [0.05, 0.1) is 4.92 Å². The Hall–Kier alpha value is -1.92. The molecule has 16 heavy (non-hydrogen) atoms. The van der Waals surface area contributed by atoms with Crippen molar-refractivity contribution in [2.24, 2.45) is 0 Å². The van der Waals surface area contributed by atoms with E-state index in [2.05, 4.69) is 0 Å². The summed E-state index contributed by atoms with van der Waals surface area (Å²) in [4.78, 5) is 33.4. The molecule has 7 nitrogen and oxygen atoms in total. The van der Waals surface area contributed by atoms with E-state index < -0.39 is 21.9 Å². The lowest BCUT2D eigenvalue weighted by Gasteiger charge is -2.10. The van der Waals surface area contributed by atoms with Gasteiger partial charge >= 0.3 is 16.9 Å². The summed E-state index contributed by atoms with van der Waals surface area (Å²) in [6.07, 6.45) is 0. The zero-order valence-electron chi connectivity index (χ0n) is 9.39. The van der Waals surface area contributed by atoms with Gasteiger partial charge in [-0.2, -0.15) is 0 Å². The highest BCUT2D eigenvalue weighted by Gasteiger charge is 2.23. The van der Waals surface area contributed by atoms with Crippen LogP contribution in [0.25, 0.3) is 0 Å². The van der Waals surface area contributed by atoms with Gasteiger partial charge in [-0.05, 0) is 20.8 Å². The van der Waals surface area contributed by atoms with E-state index in [1.807, 2.05) is 0 Å². The van der Waals surface area contributed by atoms with Gasteiger partial charge in [-0.3, -0.25) is 24.0 Å². The number of hydrogen-bond donors (Lipinski definition) is 0. The maximum atomic E-state index is 11.8. The molecule has 0 saturated heterocycles. The Morgan fingerprint density at radius 1 is 1.19 bits per heavy atom. The van der Waals surface area contributed by atoms with Gasteiger partial charge < -0.3 is 0 Å². The van der Waals surface area contributed by atoms with Crippen molar-refractivity contribution in [1.29, 1.82) is 0 Å².